The molecular weight excluding hydrogens is 300 g/mol. The lowest BCUT2D eigenvalue weighted by molar-refractivity contribution is -0.138. The van der Waals surface area contributed by atoms with Crippen LogP contribution in [0.3, 0.4) is 0 Å². The van der Waals surface area contributed by atoms with Crippen LogP contribution >= 0.6 is 0 Å². The molecule has 22 heavy (non-hydrogen) atoms. The van der Waals surface area contributed by atoms with E-state index in [4.69, 9.17) is 0 Å². The van der Waals surface area contributed by atoms with Gasteiger partial charge in [-0.1, -0.05) is 30.3 Å². The number of piperazine rings is 1. The van der Waals surface area contributed by atoms with Crippen LogP contribution in [0.5, 0.6) is 0 Å². The Kier molecular flexibility index (Phi) is 3.99. The van der Waals surface area contributed by atoms with Crippen molar-refractivity contribution in [3.63, 3.8) is 0 Å². The third kappa shape index (κ3) is 3.17. The smallest absolute Gasteiger partial charge is 0.229 e. The highest BCUT2D eigenvalue weighted by atomic mass is 32.2. The monoisotopic (exact) mass is 322 g/mol. The first-order valence-electron chi connectivity index (χ1n) is 7.69. The summed E-state index contributed by atoms with van der Waals surface area (Å²) in [7, 11) is -3.15. The van der Waals surface area contributed by atoms with Crippen molar-refractivity contribution in [3.05, 3.63) is 35.9 Å². The van der Waals surface area contributed by atoms with E-state index in [1.54, 1.807) is 0 Å². The number of nitrogens with zero attached hydrogens (tertiary/aromatic N) is 2. The molecule has 2 fully saturated rings. The Morgan fingerprint density at radius 2 is 1.68 bits per heavy atom. The van der Waals surface area contributed by atoms with Crippen LogP contribution in [0.2, 0.25) is 0 Å². The second kappa shape index (κ2) is 5.66. The molecule has 1 heterocycles. The molecule has 1 aromatic carbocycles. The van der Waals surface area contributed by atoms with E-state index < -0.39 is 10.0 Å². The van der Waals surface area contributed by atoms with Gasteiger partial charge in [-0.15, -0.1) is 0 Å². The van der Waals surface area contributed by atoms with E-state index in [2.05, 4.69) is 12.1 Å². The molecule has 0 atom stereocenters. The molecular formula is C16H22N2O3S. The van der Waals surface area contributed by atoms with Gasteiger partial charge in [0.05, 0.1) is 11.7 Å². The number of hydrogen-bond acceptors (Lipinski definition) is 3. The molecule has 0 aromatic heterocycles. The first-order valence-corrected chi connectivity index (χ1v) is 9.54. The van der Waals surface area contributed by atoms with Gasteiger partial charge in [0.2, 0.25) is 15.9 Å². The van der Waals surface area contributed by atoms with E-state index in [1.807, 2.05) is 23.1 Å². The van der Waals surface area contributed by atoms with Crippen LogP contribution in [0.4, 0.5) is 0 Å². The summed E-state index contributed by atoms with van der Waals surface area (Å²) in [6.07, 6.45) is 3.89. The summed E-state index contributed by atoms with van der Waals surface area (Å²) in [5.74, 6) is 0.199. The summed E-state index contributed by atoms with van der Waals surface area (Å²) in [5, 5.41) is 0. The van der Waals surface area contributed by atoms with Crippen molar-refractivity contribution in [1.82, 2.24) is 9.21 Å². The summed E-state index contributed by atoms with van der Waals surface area (Å²) in [4.78, 5) is 14.6. The molecule has 0 radical (unpaired) electrons. The van der Waals surface area contributed by atoms with Crippen LogP contribution in [0.25, 0.3) is 0 Å². The molecule has 120 valence electrons. The molecule has 6 heteroatoms. The molecule has 1 aliphatic heterocycles. The highest BCUT2D eigenvalue weighted by Crippen LogP contribution is 2.50. The van der Waals surface area contributed by atoms with Crippen molar-refractivity contribution in [3.8, 4) is 0 Å². The van der Waals surface area contributed by atoms with Gasteiger partial charge in [-0.25, -0.2) is 8.42 Å². The van der Waals surface area contributed by atoms with Crippen LogP contribution in [0.1, 0.15) is 18.4 Å². The lowest BCUT2D eigenvalue weighted by Gasteiger charge is -2.35. The fourth-order valence-corrected chi connectivity index (χ4v) is 3.99. The zero-order chi connectivity index (χ0) is 15.8. The topological polar surface area (TPSA) is 57.7 Å². The normalized spacial score (nSPS) is 21.6. The van der Waals surface area contributed by atoms with Crippen molar-refractivity contribution in [2.24, 2.45) is 5.41 Å². The third-order valence-corrected chi connectivity index (χ3v) is 5.99. The SMILES string of the molecule is CS(=O)(=O)N1CCN(C(=O)C2(Cc3ccccc3)CC2)CC1. The van der Waals surface area contributed by atoms with Crippen molar-refractivity contribution >= 4 is 15.9 Å². The van der Waals surface area contributed by atoms with Crippen molar-refractivity contribution < 1.29 is 13.2 Å². The Morgan fingerprint density at radius 1 is 1.09 bits per heavy atom. The maximum absolute atomic E-state index is 12.8. The molecule has 0 spiro atoms. The molecule has 5 nitrogen and oxygen atoms in total. The van der Waals surface area contributed by atoms with Crippen molar-refractivity contribution in [2.75, 3.05) is 32.4 Å². The Morgan fingerprint density at radius 3 is 2.18 bits per heavy atom. The number of carbonyl (C=O) groups excluding carboxylic acids is 1. The number of benzene rings is 1. The average molecular weight is 322 g/mol. The lowest BCUT2D eigenvalue weighted by atomic mass is 9.94. The van der Waals surface area contributed by atoms with Gasteiger partial charge in [-0.05, 0) is 24.8 Å². The molecule has 1 saturated heterocycles. The Balaban J connectivity index is 1.63. The molecule has 3 rings (SSSR count). The van der Waals surface area contributed by atoms with E-state index in [0.29, 0.717) is 26.2 Å². The van der Waals surface area contributed by atoms with E-state index in [9.17, 15) is 13.2 Å². The second-order valence-electron chi connectivity index (χ2n) is 6.40. The van der Waals surface area contributed by atoms with E-state index in [1.165, 1.54) is 16.1 Å². The van der Waals surface area contributed by atoms with Gasteiger partial charge in [0.1, 0.15) is 0 Å². The van der Waals surface area contributed by atoms with Gasteiger partial charge in [-0.2, -0.15) is 4.31 Å². The zero-order valence-corrected chi connectivity index (χ0v) is 13.7. The maximum atomic E-state index is 12.8. The minimum absolute atomic E-state index is 0.199. The number of carbonyl (C=O) groups is 1. The predicted octanol–water partition coefficient (Wildman–Crippen LogP) is 1.11. The number of rotatable bonds is 4. The Hall–Kier alpha value is -1.40. The largest absolute Gasteiger partial charge is 0.340 e. The third-order valence-electron chi connectivity index (χ3n) is 4.69. The van der Waals surface area contributed by atoms with Gasteiger partial charge in [-0.3, -0.25) is 4.79 Å². The highest BCUT2D eigenvalue weighted by molar-refractivity contribution is 7.88. The van der Waals surface area contributed by atoms with Crippen LogP contribution < -0.4 is 0 Å². The summed E-state index contributed by atoms with van der Waals surface area (Å²) in [5.41, 5.74) is 0.956. The van der Waals surface area contributed by atoms with Crippen molar-refractivity contribution in [1.29, 1.82) is 0 Å². The van der Waals surface area contributed by atoms with Gasteiger partial charge < -0.3 is 4.90 Å². The zero-order valence-electron chi connectivity index (χ0n) is 12.9. The van der Waals surface area contributed by atoms with Gasteiger partial charge in [0, 0.05) is 26.2 Å². The molecule has 2 aliphatic rings. The predicted molar refractivity (Wildman–Crippen MR) is 84.8 cm³/mol. The van der Waals surface area contributed by atoms with E-state index in [-0.39, 0.29) is 11.3 Å². The fraction of sp³-hybridized carbons (Fsp3) is 0.562. The minimum Gasteiger partial charge on any atom is -0.340 e. The maximum Gasteiger partial charge on any atom is 0.229 e. The summed E-state index contributed by atoms with van der Waals surface area (Å²) in [6.45, 7) is 1.82. The molecule has 0 bridgehead atoms. The molecule has 1 saturated carbocycles. The number of hydrogen-bond donors (Lipinski definition) is 0. The summed E-state index contributed by atoms with van der Waals surface area (Å²) >= 11 is 0. The van der Waals surface area contributed by atoms with Crippen LogP contribution in [-0.2, 0) is 21.2 Å². The Bertz CT molecular complexity index is 645. The molecule has 0 N–H and O–H groups in total. The van der Waals surface area contributed by atoms with E-state index >= 15 is 0 Å². The Labute approximate surface area is 132 Å². The quantitative estimate of drug-likeness (QED) is 0.834. The van der Waals surface area contributed by atoms with E-state index in [0.717, 1.165) is 19.3 Å². The number of sulfonamides is 1. The minimum atomic E-state index is -3.15. The summed E-state index contributed by atoms with van der Waals surface area (Å²) < 4.78 is 24.5. The molecule has 1 aliphatic carbocycles. The van der Waals surface area contributed by atoms with Crippen LogP contribution in [0, 0.1) is 5.41 Å². The highest BCUT2D eigenvalue weighted by Gasteiger charge is 2.51. The molecule has 1 aromatic rings. The average Bonchev–Trinajstić information content (AvgIpc) is 3.27. The first kappa shape index (κ1) is 15.5. The molecule has 0 unspecified atom stereocenters. The molecule has 1 amide bonds. The van der Waals surface area contributed by atoms with Gasteiger partial charge >= 0.3 is 0 Å². The first-order chi connectivity index (χ1) is 10.4. The van der Waals surface area contributed by atoms with Gasteiger partial charge in [0.25, 0.3) is 0 Å². The lowest BCUT2D eigenvalue weighted by Crippen LogP contribution is -2.52. The van der Waals surface area contributed by atoms with Gasteiger partial charge in [0.15, 0.2) is 0 Å². The fourth-order valence-electron chi connectivity index (χ4n) is 3.16. The summed E-state index contributed by atoms with van der Waals surface area (Å²) in [6, 6.07) is 10.1. The van der Waals surface area contributed by atoms with Crippen LogP contribution in [-0.4, -0.2) is 56.0 Å². The van der Waals surface area contributed by atoms with Crippen LogP contribution in [0.15, 0.2) is 30.3 Å². The standard InChI is InChI=1S/C16H22N2O3S/c1-22(20,21)18-11-9-17(10-12-18)15(19)16(7-8-16)13-14-5-3-2-4-6-14/h2-6H,7-13H2,1H3. The van der Waals surface area contributed by atoms with Crippen molar-refractivity contribution in [2.45, 2.75) is 19.3 Å². The second-order valence-corrected chi connectivity index (χ2v) is 8.38. The number of amides is 1.